The molecule has 1 atom stereocenters. The number of aromatic amines is 1. The molecule has 0 unspecified atom stereocenters. The van der Waals surface area contributed by atoms with Crippen molar-refractivity contribution in [2.45, 2.75) is 18.9 Å². The van der Waals surface area contributed by atoms with Gasteiger partial charge in [0.15, 0.2) is 11.5 Å². The first-order chi connectivity index (χ1) is 17.2. The van der Waals surface area contributed by atoms with E-state index in [-0.39, 0.29) is 18.7 Å². The highest BCUT2D eigenvalue weighted by Crippen LogP contribution is 2.38. The Bertz CT molecular complexity index is 1390. The lowest BCUT2D eigenvalue weighted by molar-refractivity contribution is 0.0774. The van der Waals surface area contributed by atoms with Gasteiger partial charge in [-0.25, -0.2) is 4.98 Å². The van der Waals surface area contributed by atoms with Crippen LogP contribution in [0.2, 0.25) is 0 Å². The Morgan fingerprint density at radius 3 is 2.74 bits per heavy atom. The number of benzene rings is 3. The van der Waals surface area contributed by atoms with Gasteiger partial charge in [-0.3, -0.25) is 9.79 Å². The minimum atomic E-state index is -0.0226. The third kappa shape index (κ3) is 3.97. The first kappa shape index (κ1) is 21.2. The smallest absolute Gasteiger partial charge is 0.256 e. The Morgan fingerprint density at radius 1 is 1.06 bits per heavy atom. The topological polar surface area (TPSA) is 89.0 Å². The molecule has 6 rings (SSSR count). The number of aromatic nitrogens is 2. The molecular formula is C27H24N4O4. The van der Waals surface area contributed by atoms with Crippen LogP contribution in [0, 0.1) is 0 Å². The Kier molecular flexibility index (Phi) is 5.33. The molecule has 3 aromatic carbocycles. The molecule has 1 N–H and O–H groups in total. The number of carbonyl (C=O) groups excluding carboxylic acids is 1. The molecule has 0 radical (unpaired) electrons. The van der Waals surface area contributed by atoms with E-state index in [4.69, 9.17) is 14.2 Å². The zero-order valence-electron chi connectivity index (χ0n) is 19.2. The largest absolute Gasteiger partial charge is 0.493 e. The van der Waals surface area contributed by atoms with Crippen LogP contribution in [0.25, 0.3) is 22.4 Å². The number of hydrogen-bond acceptors (Lipinski definition) is 6. The quantitative estimate of drug-likeness (QED) is 0.404. The second kappa shape index (κ2) is 8.79. The number of fused-ring (bicyclic) bond motifs is 3. The lowest BCUT2D eigenvalue weighted by Crippen LogP contribution is -2.35. The number of hydrogen-bond donors (Lipinski definition) is 1. The van der Waals surface area contributed by atoms with Crippen LogP contribution < -0.4 is 14.2 Å². The van der Waals surface area contributed by atoms with Gasteiger partial charge in [-0.1, -0.05) is 12.1 Å². The summed E-state index contributed by atoms with van der Waals surface area (Å²) in [4.78, 5) is 27.4. The van der Waals surface area contributed by atoms with E-state index in [1.165, 1.54) is 0 Å². The monoisotopic (exact) mass is 468 g/mol. The fourth-order valence-corrected chi connectivity index (χ4v) is 4.58. The van der Waals surface area contributed by atoms with Crippen molar-refractivity contribution in [2.24, 2.45) is 4.99 Å². The van der Waals surface area contributed by atoms with E-state index in [1.54, 1.807) is 19.2 Å². The van der Waals surface area contributed by atoms with Gasteiger partial charge < -0.3 is 24.1 Å². The minimum Gasteiger partial charge on any atom is -0.493 e. The summed E-state index contributed by atoms with van der Waals surface area (Å²) in [7, 11) is 1.55. The van der Waals surface area contributed by atoms with Gasteiger partial charge in [-0.2, -0.15) is 0 Å². The number of nitrogens with zero attached hydrogens (tertiary/aromatic N) is 3. The molecule has 176 valence electrons. The highest BCUT2D eigenvalue weighted by Gasteiger charge is 2.32. The van der Waals surface area contributed by atoms with Crippen molar-refractivity contribution in [1.29, 1.82) is 0 Å². The van der Waals surface area contributed by atoms with E-state index < -0.39 is 0 Å². The predicted molar refractivity (Wildman–Crippen MR) is 133 cm³/mol. The summed E-state index contributed by atoms with van der Waals surface area (Å²) in [5.41, 5.74) is 3.99. The van der Waals surface area contributed by atoms with Crippen LogP contribution in [0.3, 0.4) is 0 Å². The summed E-state index contributed by atoms with van der Waals surface area (Å²) in [6, 6.07) is 19.1. The van der Waals surface area contributed by atoms with Crippen molar-refractivity contribution in [3.05, 3.63) is 66.2 Å². The van der Waals surface area contributed by atoms with Crippen molar-refractivity contribution < 1.29 is 19.0 Å². The normalized spacial score (nSPS) is 16.7. The van der Waals surface area contributed by atoms with Crippen LogP contribution in [0.4, 0.5) is 5.69 Å². The SMILES string of the molecule is COc1cc2c(cc1OCOc1ccc(-c3nc4ccccc4[nH]3)cc1)N=C[C@@H]1CCCN1C2=O. The molecule has 1 saturated heterocycles. The molecule has 0 bridgehead atoms. The van der Waals surface area contributed by atoms with Gasteiger partial charge in [-0.15, -0.1) is 0 Å². The number of amides is 1. The number of rotatable bonds is 6. The maximum atomic E-state index is 13.0. The Labute approximate surface area is 202 Å². The maximum Gasteiger partial charge on any atom is 0.256 e. The Morgan fingerprint density at radius 2 is 1.91 bits per heavy atom. The third-order valence-electron chi connectivity index (χ3n) is 6.42. The molecule has 0 spiro atoms. The zero-order valence-corrected chi connectivity index (χ0v) is 19.2. The highest BCUT2D eigenvalue weighted by atomic mass is 16.7. The van der Waals surface area contributed by atoms with E-state index in [0.29, 0.717) is 28.5 Å². The molecule has 3 heterocycles. The number of carbonyl (C=O) groups is 1. The van der Waals surface area contributed by atoms with Crippen molar-refractivity contribution in [2.75, 3.05) is 20.4 Å². The molecule has 8 nitrogen and oxygen atoms in total. The Balaban J connectivity index is 1.15. The van der Waals surface area contributed by atoms with Gasteiger partial charge in [0.2, 0.25) is 6.79 Å². The van der Waals surface area contributed by atoms with Crippen LogP contribution in [0.1, 0.15) is 23.2 Å². The van der Waals surface area contributed by atoms with E-state index in [0.717, 1.165) is 41.8 Å². The summed E-state index contributed by atoms with van der Waals surface area (Å²) in [6.07, 6.45) is 3.78. The van der Waals surface area contributed by atoms with Crippen LogP contribution in [0.15, 0.2) is 65.7 Å². The van der Waals surface area contributed by atoms with Gasteiger partial charge >= 0.3 is 0 Å². The van der Waals surface area contributed by atoms with Gasteiger partial charge in [0, 0.05) is 24.4 Å². The molecule has 0 saturated carbocycles. The van der Waals surface area contributed by atoms with Gasteiger partial charge in [-0.05, 0) is 55.3 Å². The molecule has 1 fully saturated rings. The lowest BCUT2D eigenvalue weighted by Gasteiger charge is -2.20. The van der Waals surface area contributed by atoms with E-state index in [9.17, 15) is 4.79 Å². The number of H-pyrrole nitrogens is 1. The average molecular weight is 469 g/mol. The fraction of sp³-hybridized carbons (Fsp3) is 0.222. The zero-order chi connectivity index (χ0) is 23.8. The molecule has 35 heavy (non-hydrogen) atoms. The molecular weight excluding hydrogens is 444 g/mol. The lowest BCUT2D eigenvalue weighted by atomic mass is 10.1. The predicted octanol–water partition coefficient (Wildman–Crippen LogP) is 4.97. The van der Waals surface area contributed by atoms with E-state index in [1.807, 2.05) is 59.6 Å². The summed E-state index contributed by atoms with van der Waals surface area (Å²) in [5, 5.41) is 0. The molecule has 1 amide bonds. The summed E-state index contributed by atoms with van der Waals surface area (Å²) < 4.78 is 17.1. The summed E-state index contributed by atoms with van der Waals surface area (Å²) >= 11 is 0. The number of nitrogens with one attached hydrogen (secondary N) is 1. The van der Waals surface area contributed by atoms with Crippen LogP contribution in [0.5, 0.6) is 17.2 Å². The van der Waals surface area contributed by atoms with Crippen molar-refractivity contribution in [3.8, 4) is 28.6 Å². The maximum absolute atomic E-state index is 13.0. The number of ether oxygens (including phenoxy) is 3. The van der Waals surface area contributed by atoms with Crippen LogP contribution >= 0.6 is 0 Å². The van der Waals surface area contributed by atoms with Crippen molar-refractivity contribution >= 4 is 28.8 Å². The first-order valence-electron chi connectivity index (χ1n) is 11.6. The van der Waals surface area contributed by atoms with E-state index >= 15 is 0 Å². The fourth-order valence-electron chi connectivity index (χ4n) is 4.58. The van der Waals surface area contributed by atoms with Gasteiger partial charge in [0.1, 0.15) is 11.6 Å². The molecule has 0 aliphatic carbocycles. The summed E-state index contributed by atoms with van der Waals surface area (Å²) in [6.45, 7) is 0.726. The molecule has 8 heteroatoms. The number of para-hydroxylation sites is 2. The molecule has 1 aromatic heterocycles. The van der Waals surface area contributed by atoms with Gasteiger partial charge in [0.25, 0.3) is 5.91 Å². The second-order valence-corrected chi connectivity index (χ2v) is 8.54. The van der Waals surface area contributed by atoms with Crippen molar-refractivity contribution in [3.63, 3.8) is 0 Å². The minimum absolute atomic E-state index is 0.0223. The highest BCUT2D eigenvalue weighted by molar-refractivity contribution is 6.03. The standard InChI is InChI=1S/C27H24N4O4/c1-33-24-13-20-23(28-15-18-5-4-12-31(18)27(20)32)14-25(24)35-16-34-19-10-8-17(9-11-19)26-29-21-6-2-3-7-22(21)30-26/h2-3,6-11,13-15,18H,4-5,12,16H2,1H3,(H,29,30)/t18-/m0/s1. The van der Waals surface area contributed by atoms with Crippen LogP contribution in [-0.4, -0.2) is 53.5 Å². The van der Waals surface area contributed by atoms with E-state index in [2.05, 4.69) is 15.0 Å². The second-order valence-electron chi connectivity index (χ2n) is 8.54. The number of methoxy groups -OCH3 is 1. The molecule has 4 aromatic rings. The first-order valence-corrected chi connectivity index (χ1v) is 11.6. The van der Waals surface area contributed by atoms with Crippen molar-refractivity contribution in [1.82, 2.24) is 14.9 Å². The third-order valence-corrected chi connectivity index (χ3v) is 6.42. The average Bonchev–Trinajstić information content (AvgIpc) is 3.52. The van der Waals surface area contributed by atoms with Crippen LogP contribution in [-0.2, 0) is 0 Å². The summed E-state index contributed by atoms with van der Waals surface area (Å²) in [5.74, 6) is 2.38. The number of imidazole rings is 1. The molecule has 2 aliphatic rings. The number of aliphatic imine (C=N–C) groups is 1. The molecule has 2 aliphatic heterocycles. The van der Waals surface area contributed by atoms with Gasteiger partial charge in [0.05, 0.1) is 35.4 Å². The Hall–Kier alpha value is -4.33.